The zero-order valence-corrected chi connectivity index (χ0v) is 12.1. The molecule has 2 rings (SSSR count). The lowest BCUT2D eigenvalue weighted by Crippen LogP contribution is -2.44. The molecule has 0 heterocycles. The fourth-order valence-corrected chi connectivity index (χ4v) is 3.14. The van der Waals surface area contributed by atoms with Crippen molar-refractivity contribution in [1.29, 1.82) is 0 Å². The van der Waals surface area contributed by atoms with E-state index in [0.717, 1.165) is 13.0 Å². The molecule has 0 aliphatic heterocycles. The average molecular weight is 245 g/mol. The van der Waals surface area contributed by atoms with E-state index < -0.39 is 0 Å². The van der Waals surface area contributed by atoms with Gasteiger partial charge in [-0.15, -0.1) is 0 Å². The van der Waals surface area contributed by atoms with Crippen molar-refractivity contribution in [2.75, 3.05) is 6.54 Å². The first-order valence-corrected chi connectivity index (χ1v) is 7.37. The van der Waals surface area contributed by atoms with Gasteiger partial charge in [0, 0.05) is 6.04 Å². The SMILES string of the molecule is Cc1ccccc1CCNC1CCCCC1(C)C. The molecular weight excluding hydrogens is 218 g/mol. The highest BCUT2D eigenvalue weighted by molar-refractivity contribution is 5.25. The van der Waals surface area contributed by atoms with E-state index in [0.29, 0.717) is 11.5 Å². The van der Waals surface area contributed by atoms with E-state index in [1.165, 1.54) is 36.8 Å². The van der Waals surface area contributed by atoms with Gasteiger partial charge in [-0.2, -0.15) is 0 Å². The average Bonchev–Trinajstić information content (AvgIpc) is 2.33. The lowest BCUT2D eigenvalue weighted by molar-refractivity contribution is 0.169. The van der Waals surface area contributed by atoms with E-state index in [2.05, 4.69) is 50.4 Å². The molecule has 100 valence electrons. The molecule has 1 N–H and O–H groups in total. The van der Waals surface area contributed by atoms with Gasteiger partial charge in [0.05, 0.1) is 0 Å². The normalized spacial score (nSPS) is 22.9. The molecule has 1 heteroatoms. The molecule has 1 saturated carbocycles. The molecule has 1 aromatic rings. The third-order valence-electron chi connectivity index (χ3n) is 4.55. The standard InChI is InChI=1S/C17H27N/c1-14-8-4-5-9-15(14)11-13-18-16-10-6-7-12-17(16,2)3/h4-5,8-9,16,18H,6-7,10-13H2,1-3H3. The van der Waals surface area contributed by atoms with E-state index in [-0.39, 0.29) is 0 Å². The Hall–Kier alpha value is -0.820. The van der Waals surface area contributed by atoms with E-state index in [4.69, 9.17) is 0 Å². The van der Waals surface area contributed by atoms with Crippen LogP contribution < -0.4 is 5.32 Å². The van der Waals surface area contributed by atoms with E-state index in [1.807, 2.05) is 0 Å². The zero-order chi connectivity index (χ0) is 13.0. The maximum Gasteiger partial charge on any atom is 0.0118 e. The number of hydrogen-bond donors (Lipinski definition) is 1. The van der Waals surface area contributed by atoms with Crippen LogP contribution in [0.1, 0.15) is 50.7 Å². The van der Waals surface area contributed by atoms with Crippen molar-refractivity contribution in [3.63, 3.8) is 0 Å². The quantitative estimate of drug-likeness (QED) is 0.842. The van der Waals surface area contributed by atoms with Crippen LogP contribution in [0.3, 0.4) is 0 Å². The summed E-state index contributed by atoms with van der Waals surface area (Å²) in [6.45, 7) is 8.15. The van der Waals surface area contributed by atoms with Gasteiger partial charge in [0.25, 0.3) is 0 Å². The van der Waals surface area contributed by atoms with Crippen molar-refractivity contribution in [3.05, 3.63) is 35.4 Å². The van der Waals surface area contributed by atoms with Crippen LogP contribution in [0.4, 0.5) is 0 Å². The molecule has 1 aliphatic rings. The monoisotopic (exact) mass is 245 g/mol. The second-order valence-electron chi connectivity index (χ2n) is 6.42. The molecule has 1 fully saturated rings. The van der Waals surface area contributed by atoms with Crippen LogP contribution in [0.2, 0.25) is 0 Å². The van der Waals surface area contributed by atoms with Gasteiger partial charge < -0.3 is 5.32 Å². The Balaban J connectivity index is 1.83. The summed E-state index contributed by atoms with van der Waals surface area (Å²) in [6, 6.07) is 9.43. The molecule has 1 aliphatic carbocycles. The highest BCUT2D eigenvalue weighted by atomic mass is 14.9. The molecule has 1 nitrogen and oxygen atoms in total. The molecule has 1 aromatic carbocycles. The molecule has 1 atom stereocenters. The Kier molecular flexibility index (Phi) is 4.45. The van der Waals surface area contributed by atoms with Crippen LogP contribution in [-0.2, 0) is 6.42 Å². The Morgan fingerprint density at radius 2 is 2.00 bits per heavy atom. The molecule has 1 unspecified atom stereocenters. The maximum absolute atomic E-state index is 3.79. The largest absolute Gasteiger partial charge is 0.313 e. The van der Waals surface area contributed by atoms with Gasteiger partial charge in [-0.1, -0.05) is 51.0 Å². The van der Waals surface area contributed by atoms with Gasteiger partial charge in [0.1, 0.15) is 0 Å². The predicted octanol–water partition coefficient (Wildman–Crippen LogP) is 4.10. The van der Waals surface area contributed by atoms with Crippen LogP contribution in [0.5, 0.6) is 0 Å². The van der Waals surface area contributed by atoms with Crippen LogP contribution in [-0.4, -0.2) is 12.6 Å². The van der Waals surface area contributed by atoms with E-state index in [1.54, 1.807) is 0 Å². The third-order valence-corrected chi connectivity index (χ3v) is 4.55. The summed E-state index contributed by atoms with van der Waals surface area (Å²) in [6.07, 6.45) is 6.67. The summed E-state index contributed by atoms with van der Waals surface area (Å²) in [4.78, 5) is 0. The highest BCUT2D eigenvalue weighted by Gasteiger charge is 2.31. The van der Waals surface area contributed by atoms with Crippen molar-refractivity contribution in [3.8, 4) is 0 Å². The lowest BCUT2D eigenvalue weighted by Gasteiger charge is -2.39. The van der Waals surface area contributed by atoms with Gasteiger partial charge in [-0.3, -0.25) is 0 Å². The van der Waals surface area contributed by atoms with Gasteiger partial charge >= 0.3 is 0 Å². The number of hydrogen-bond acceptors (Lipinski definition) is 1. The van der Waals surface area contributed by atoms with Gasteiger partial charge in [0.15, 0.2) is 0 Å². The Bertz CT molecular complexity index is 381. The predicted molar refractivity (Wildman–Crippen MR) is 78.9 cm³/mol. The molecule has 0 radical (unpaired) electrons. The molecule has 0 saturated heterocycles. The van der Waals surface area contributed by atoms with Crippen LogP contribution in [0.15, 0.2) is 24.3 Å². The Labute approximate surface area is 112 Å². The van der Waals surface area contributed by atoms with Crippen LogP contribution in [0, 0.1) is 12.3 Å². The first-order valence-electron chi connectivity index (χ1n) is 7.37. The minimum atomic E-state index is 0.476. The minimum absolute atomic E-state index is 0.476. The lowest BCUT2D eigenvalue weighted by atomic mass is 9.73. The summed E-state index contributed by atoms with van der Waals surface area (Å²) >= 11 is 0. The summed E-state index contributed by atoms with van der Waals surface area (Å²) in [5.74, 6) is 0. The molecule has 0 amide bonds. The van der Waals surface area contributed by atoms with Gasteiger partial charge in [0.2, 0.25) is 0 Å². The summed E-state index contributed by atoms with van der Waals surface area (Å²) in [7, 11) is 0. The number of nitrogens with one attached hydrogen (secondary N) is 1. The Morgan fingerprint density at radius 3 is 2.72 bits per heavy atom. The van der Waals surface area contributed by atoms with Crippen molar-refractivity contribution in [2.24, 2.45) is 5.41 Å². The third kappa shape index (κ3) is 3.35. The minimum Gasteiger partial charge on any atom is -0.313 e. The van der Waals surface area contributed by atoms with Gasteiger partial charge in [-0.25, -0.2) is 0 Å². The molecule has 0 bridgehead atoms. The molecule has 0 aromatic heterocycles. The van der Waals surface area contributed by atoms with E-state index >= 15 is 0 Å². The van der Waals surface area contributed by atoms with E-state index in [9.17, 15) is 0 Å². The zero-order valence-electron chi connectivity index (χ0n) is 12.1. The van der Waals surface area contributed by atoms with Crippen molar-refractivity contribution in [1.82, 2.24) is 5.32 Å². The smallest absolute Gasteiger partial charge is 0.0118 e. The van der Waals surface area contributed by atoms with Crippen LogP contribution in [0.25, 0.3) is 0 Å². The first-order chi connectivity index (χ1) is 8.59. The van der Waals surface area contributed by atoms with Crippen LogP contribution >= 0.6 is 0 Å². The number of aryl methyl sites for hydroxylation is 1. The fraction of sp³-hybridized carbons (Fsp3) is 0.647. The summed E-state index contributed by atoms with van der Waals surface area (Å²) in [5.41, 5.74) is 3.38. The van der Waals surface area contributed by atoms with Crippen molar-refractivity contribution < 1.29 is 0 Å². The van der Waals surface area contributed by atoms with Crippen molar-refractivity contribution >= 4 is 0 Å². The first kappa shape index (κ1) is 13.6. The van der Waals surface area contributed by atoms with Crippen molar-refractivity contribution in [2.45, 2.75) is 58.9 Å². The topological polar surface area (TPSA) is 12.0 Å². The molecular formula is C17H27N. The number of benzene rings is 1. The second-order valence-corrected chi connectivity index (χ2v) is 6.42. The highest BCUT2D eigenvalue weighted by Crippen LogP contribution is 2.35. The molecule has 0 spiro atoms. The fourth-order valence-electron chi connectivity index (χ4n) is 3.14. The Morgan fingerprint density at radius 1 is 1.22 bits per heavy atom. The second kappa shape index (κ2) is 5.88. The summed E-state index contributed by atoms with van der Waals surface area (Å²) < 4.78 is 0. The number of rotatable bonds is 4. The maximum atomic E-state index is 3.79. The van der Waals surface area contributed by atoms with Gasteiger partial charge in [-0.05, 0) is 49.3 Å². The molecule has 18 heavy (non-hydrogen) atoms. The summed E-state index contributed by atoms with van der Waals surface area (Å²) in [5, 5.41) is 3.79.